The molecule has 11 heteroatoms. The van der Waals surface area contributed by atoms with E-state index in [-0.39, 0.29) is 28.6 Å². The van der Waals surface area contributed by atoms with Gasteiger partial charge in [0.1, 0.15) is 18.3 Å². The summed E-state index contributed by atoms with van der Waals surface area (Å²) in [5.74, 6) is -0.652. The lowest BCUT2D eigenvalue weighted by Crippen LogP contribution is -2.53. The molecular formula is C33H33Cl2N3O5S. The van der Waals surface area contributed by atoms with E-state index in [1.54, 1.807) is 36.4 Å². The lowest BCUT2D eigenvalue weighted by molar-refractivity contribution is -0.139. The normalized spacial score (nSPS) is 11.8. The van der Waals surface area contributed by atoms with Crippen molar-refractivity contribution in [1.82, 2.24) is 10.2 Å². The van der Waals surface area contributed by atoms with E-state index in [0.717, 1.165) is 15.4 Å². The molecule has 4 rings (SSSR count). The molecule has 0 heterocycles. The van der Waals surface area contributed by atoms with Gasteiger partial charge in [0.05, 0.1) is 22.7 Å². The Morgan fingerprint density at radius 3 is 2.18 bits per heavy atom. The van der Waals surface area contributed by atoms with E-state index in [4.69, 9.17) is 27.9 Å². The van der Waals surface area contributed by atoms with Gasteiger partial charge in [0.15, 0.2) is 0 Å². The first kappa shape index (κ1) is 32.9. The molecule has 0 fully saturated rings. The minimum absolute atomic E-state index is 0.00336. The van der Waals surface area contributed by atoms with Crippen molar-refractivity contribution in [2.75, 3.05) is 25.0 Å². The number of ether oxygens (including phenoxy) is 1. The predicted octanol–water partition coefficient (Wildman–Crippen LogP) is 5.89. The number of sulfonamides is 1. The number of benzene rings is 4. The summed E-state index contributed by atoms with van der Waals surface area (Å²) in [7, 11) is -1.32. The van der Waals surface area contributed by atoms with Gasteiger partial charge in [0.25, 0.3) is 10.0 Å². The summed E-state index contributed by atoms with van der Waals surface area (Å²) in [6.07, 6.45) is 0.200. The van der Waals surface area contributed by atoms with E-state index in [2.05, 4.69) is 5.32 Å². The summed E-state index contributed by atoms with van der Waals surface area (Å²) >= 11 is 12.7. The van der Waals surface area contributed by atoms with Crippen LogP contribution >= 0.6 is 23.2 Å². The predicted molar refractivity (Wildman–Crippen MR) is 174 cm³/mol. The Balaban J connectivity index is 1.81. The second-order valence-electron chi connectivity index (χ2n) is 10.1. The third-order valence-corrected chi connectivity index (χ3v) is 9.39. The first-order valence-corrected chi connectivity index (χ1v) is 16.0. The molecule has 4 aromatic carbocycles. The molecule has 1 N–H and O–H groups in total. The fraction of sp³-hybridized carbons (Fsp3) is 0.212. The minimum Gasteiger partial charge on any atom is -0.495 e. The van der Waals surface area contributed by atoms with Gasteiger partial charge in [-0.3, -0.25) is 13.9 Å². The van der Waals surface area contributed by atoms with Gasteiger partial charge in [-0.15, -0.1) is 0 Å². The maximum Gasteiger partial charge on any atom is 0.264 e. The average molecular weight is 655 g/mol. The molecule has 230 valence electrons. The molecular weight excluding hydrogens is 621 g/mol. The van der Waals surface area contributed by atoms with Gasteiger partial charge < -0.3 is 15.0 Å². The molecule has 2 amide bonds. The van der Waals surface area contributed by atoms with Crippen LogP contribution in [-0.2, 0) is 32.6 Å². The van der Waals surface area contributed by atoms with Crippen LogP contribution in [0.25, 0.3) is 0 Å². The van der Waals surface area contributed by atoms with Crippen LogP contribution in [0.4, 0.5) is 5.69 Å². The molecule has 0 aromatic heterocycles. The number of anilines is 1. The van der Waals surface area contributed by atoms with Crippen molar-refractivity contribution in [3.63, 3.8) is 0 Å². The van der Waals surface area contributed by atoms with Gasteiger partial charge in [-0.1, -0.05) is 83.4 Å². The summed E-state index contributed by atoms with van der Waals surface area (Å²) in [4.78, 5) is 29.1. The first-order valence-electron chi connectivity index (χ1n) is 13.8. The maximum atomic E-state index is 14.4. The second kappa shape index (κ2) is 14.6. The lowest BCUT2D eigenvalue weighted by Gasteiger charge is -2.33. The SMILES string of the molecule is CNC(=O)[C@H](Cc1ccccc1)N(Cc1cccc(Cl)c1)C(=O)CN(c1ccc(OC)c(Cl)c1)S(=O)(=O)c1ccc(C)cc1. The van der Waals surface area contributed by atoms with Crippen molar-refractivity contribution in [3.8, 4) is 5.75 Å². The van der Waals surface area contributed by atoms with Crippen molar-refractivity contribution in [3.05, 3.63) is 124 Å². The zero-order chi connectivity index (χ0) is 31.9. The molecule has 0 unspecified atom stereocenters. The summed E-state index contributed by atoms with van der Waals surface area (Å²) in [6, 6.07) is 26.1. The highest BCUT2D eigenvalue weighted by Gasteiger charge is 2.34. The Kier molecular flexibility index (Phi) is 10.9. The van der Waals surface area contributed by atoms with Crippen LogP contribution < -0.4 is 14.4 Å². The number of hydrogen-bond acceptors (Lipinski definition) is 5. The van der Waals surface area contributed by atoms with Crippen LogP contribution in [0, 0.1) is 6.92 Å². The Labute approximate surface area is 268 Å². The highest BCUT2D eigenvalue weighted by atomic mass is 35.5. The van der Waals surface area contributed by atoms with Crippen LogP contribution in [0.2, 0.25) is 10.0 Å². The Hall–Kier alpha value is -4.05. The van der Waals surface area contributed by atoms with Gasteiger partial charge in [-0.05, 0) is 60.5 Å². The van der Waals surface area contributed by atoms with Crippen molar-refractivity contribution in [1.29, 1.82) is 0 Å². The molecule has 0 saturated carbocycles. The maximum absolute atomic E-state index is 14.4. The van der Waals surface area contributed by atoms with E-state index in [1.807, 2.05) is 37.3 Å². The van der Waals surface area contributed by atoms with E-state index in [0.29, 0.717) is 16.3 Å². The number of nitrogens with one attached hydrogen (secondary N) is 1. The largest absolute Gasteiger partial charge is 0.495 e. The summed E-state index contributed by atoms with van der Waals surface area (Å²) in [5, 5.41) is 3.30. The first-order chi connectivity index (χ1) is 21.0. The fourth-order valence-electron chi connectivity index (χ4n) is 4.73. The molecule has 0 aliphatic carbocycles. The minimum atomic E-state index is -4.26. The number of carbonyl (C=O) groups is 2. The molecule has 0 radical (unpaired) electrons. The highest BCUT2D eigenvalue weighted by molar-refractivity contribution is 7.92. The number of hydrogen-bond donors (Lipinski definition) is 1. The van der Waals surface area contributed by atoms with Crippen LogP contribution in [0.15, 0.2) is 102 Å². The number of nitrogens with zero attached hydrogens (tertiary/aromatic N) is 2. The van der Waals surface area contributed by atoms with Gasteiger partial charge >= 0.3 is 0 Å². The zero-order valence-electron chi connectivity index (χ0n) is 24.5. The van der Waals surface area contributed by atoms with Crippen LogP contribution in [-0.4, -0.2) is 51.9 Å². The third-order valence-electron chi connectivity index (χ3n) is 7.07. The average Bonchev–Trinajstić information content (AvgIpc) is 3.01. The van der Waals surface area contributed by atoms with E-state index in [9.17, 15) is 18.0 Å². The van der Waals surface area contributed by atoms with Crippen molar-refractivity contribution in [2.24, 2.45) is 0 Å². The van der Waals surface area contributed by atoms with E-state index < -0.39 is 34.4 Å². The van der Waals surface area contributed by atoms with Crippen molar-refractivity contribution < 1.29 is 22.7 Å². The van der Waals surface area contributed by atoms with E-state index >= 15 is 0 Å². The number of methoxy groups -OCH3 is 1. The van der Waals surface area contributed by atoms with Crippen LogP contribution in [0.5, 0.6) is 5.75 Å². The summed E-state index contributed by atoms with van der Waals surface area (Å²) < 4.78 is 34.5. The molecule has 0 saturated heterocycles. The standard InChI is InChI=1S/C33H33Cl2N3O5S/c1-23-12-15-28(16-13-23)44(41,42)38(27-14-17-31(43-3)29(35)20-27)22-32(39)37(21-25-10-7-11-26(34)18-25)30(33(40)36-2)19-24-8-5-4-6-9-24/h4-18,20,30H,19,21-22H2,1-3H3,(H,36,40)/t30-/m0/s1. The molecule has 0 aliphatic rings. The number of carbonyl (C=O) groups excluding carboxylic acids is 2. The molecule has 1 atom stereocenters. The number of rotatable bonds is 12. The fourth-order valence-corrected chi connectivity index (χ4v) is 6.60. The number of halogens is 2. The number of likely N-dealkylation sites (N-methyl/N-ethyl adjacent to an activating group) is 1. The lowest BCUT2D eigenvalue weighted by atomic mass is 10.0. The third kappa shape index (κ3) is 7.91. The van der Waals surface area contributed by atoms with E-state index in [1.165, 1.54) is 49.4 Å². The molecule has 0 spiro atoms. The molecule has 0 bridgehead atoms. The van der Waals surface area contributed by atoms with Gasteiger partial charge in [0.2, 0.25) is 11.8 Å². The molecule has 0 aliphatic heterocycles. The number of amides is 2. The molecule has 8 nitrogen and oxygen atoms in total. The summed E-state index contributed by atoms with van der Waals surface area (Å²) in [5.41, 5.74) is 2.54. The van der Waals surface area contributed by atoms with Gasteiger partial charge in [-0.2, -0.15) is 0 Å². The summed E-state index contributed by atoms with van der Waals surface area (Å²) in [6.45, 7) is 1.24. The number of aryl methyl sites for hydroxylation is 1. The van der Waals surface area contributed by atoms with Gasteiger partial charge in [0, 0.05) is 25.0 Å². The Bertz CT molecular complexity index is 1720. The van der Waals surface area contributed by atoms with Crippen molar-refractivity contribution in [2.45, 2.75) is 30.8 Å². The Morgan fingerprint density at radius 2 is 1.57 bits per heavy atom. The molecule has 44 heavy (non-hydrogen) atoms. The smallest absolute Gasteiger partial charge is 0.264 e. The quantitative estimate of drug-likeness (QED) is 0.206. The topological polar surface area (TPSA) is 96.0 Å². The Morgan fingerprint density at radius 1 is 0.886 bits per heavy atom. The zero-order valence-corrected chi connectivity index (χ0v) is 26.9. The van der Waals surface area contributed by atoms with Crippen LogP contribution in [0.3, 0.4) is 0 Å². The molecule has 4 aromatic rings. The van der Waals surface area contributed by atoms with Gasteiger partial charge in [-0.25, -0.2) is 8.42 Å². The second-order valence-corrected chi connectivity index (χ2v) is 12.8. The van der Waals surface area contributed by atoms with Crippen LogP contribution in [0.1, 0.15) is 16.7 Å². The van der Waals surface area contributed by atoms with Crippen molar-refractivity contribution >= 4 is 50.7 Å². The monoisotopic (exact) mass is 653 g/mol. The highest BCUT2D eigenvalue weighted by Crippen LogP contribution is 2.32.